The van der Waals surface area contributed by atoms with Crippen LogP contribution >= 0.6 is 0 Å². The van der Waals surface area contributed by atoms with Gasteiger partial charge in [-0.05, 0) is 5.56 Å². The molecule has 0 aromatic heterocycles. The molecular formula is C10H9NO2S. The zero-order chi connectivity index (χ0) is 10.2. The maximum absolute atomic E-state index is 11.2. The van der Waals surface area contributed by atoms with E-state index in [1.54, 1.807) is 0 Å². The summed E-state index contributed by atoms with van der Waals surface area (Å²) in [7, 11) is -3.24. The van der Waals surface area contributed by atoms with Crippen LogP contribution in [0.5, 0.6) is 0 Å². The molecule has 0 fully saturated rings. The minimum absolute atomic E-state index is 0.302. The van der Waals surface area contributed by atoms with Crippen LogP contribution in [0, 0.1) is 0 Å². The lowest BCUT2D eigenvalue weighted by molar-refractivity contribution is 0.613. The standard InChI is InChI=1S/C10H9NO2S/c11-10-7-14(12,13)6-9(10)8-4-2-1-3-5-8/h1-7H,11H2. The molecule has 72 valence electrons. The molecule has 0 amide bonds. The van der Waals surface area contributed by atoms with Crippen molar-refractivity contribution in [2.75, 3.05) is 0 Å². The Labute approximate surface area is 82.5 Å². The van der Waals surface area contributed by atoms with Crippen molar-refractivity contribution in [1.29, 1.82) is 0 Å². The summed E-state index contributed by atoms with van der Waals surface area (Å²) in [5, 5.41) is 2.27. The van der Waals surface area contributed by atoms with Crippen LogP contribution in [0.1, 0.15) is 5.56 Å². The minimum atomic E-state index is -3.24. The van der Waals surface area contributed by atoms with Crippen molar-refractivity contribution >= 4 is 15.4 Å². The number of benzene rings is 1. The summed E-state index contributed by atoms with van der Waals surface area (Å²) in [5.41, 5.74) is 7.30. The van der Waals surface area contributed by atoms with Crippen LogP contribution in [0.3, 0.4) is 0 Å². The Balaban J connectivity index is 2.55. The Morgan fingerprint density at radius 1 is 1.00 bits per heavy atom. The first-order chi connectivity index (χ1) is 6.58. The molecule has 0 unspecified atom stereocenters. The van der Waals surface area contributed by atoms with Crippen LogP contribution in [-0.4, -0.2) is 8.42 Å². The summed E-state index contributed by atoms with van der Waals surface area (Å²) in [6.07, 6.45) is 0. The first kappa shape index (κ1) is 9.02. The third-order valence-corrected chi connectivity index (χ3v) is 3.12. The molecule has 0 bridgehead atoms. The monoisotopic (exact) mass is 207 g/mol. The van der Waals surface area contributed by atoms with Gasteiger partial charge in [-0.25, -0.2) is 8.42 Å². The third kappa shape index (κ3) is 1.56. The Kier molecular flexibility index (Phi) is 1.93. The fraction of sp³-hybridized carbons (Fsp3) is 0. The van der Waals surface area contributed by atoms with Crippen molar-refractivity contribution in [1.82, 2.24) is 0 Å². The molecule has 1 aliphatic rings. The lowest BCUT2D eigenvalue weighted by Gasteiger charge is -2.01. The van der Waals surface area contributed by atoms with E-state index in [-0.39, 0.29) is 0 Å². The molecule has 1 aliphatic heterocycles. The third-order valence-electron chi connectivity index (χ3n) is 1.97. The molecule has 2 rings (SSSR count). The quantitative estimate of drug-likeness (QED) is 0.754. The topological polar surface area (TPSA) is 60.2 Å². The lowest BCUT2D eigenvalue weighted by atomic mass is 10.1. The van der Waals surface area contributed by atoms with Gasteiger partial charge in [0.25, 0.3) is 0 Å². The molecule has 0 saturated heterocycles. The highest BCUT2D eigenvalue weighted by Crippen LogP contribution is 2.27. The lowest BCUT2D eigenvalue weighted by Crippen LogP contribution is -1.96. The smallest absolute Gasteiger partial charge is 0.195 e. The van der Waals surface area contributed by atoms with E-state index in [9.17, 15) is 8.42 Å². The van der Waals surface area contributed by atoms with Gasteiger partial charge in [0.05, 0.1) is 11.1 Å². The second-order valence-electron chi connectivity index (χ2n) is 3.06. The fourth-order valence-electron chi connectivity index (χ4n) is 1.36. The van der Waals surface area contributed by atoms with Crippen molar-refractivity contribution < 1.29 is 8.42 Å². The van der Waals surface area contributed by atoms with Gasteiger partial charge in [0.2, 0.25) is 0 Å². The number of hydrogen-bond acceptors (Lipinski definition) is 3. The minimum Gasteiger partial charge on any atom is -0.398 e. The van der Waals surface area contributed by atoms with Crippen LogP contribution in [0.25, 0.3) is 5.57 Å². The van der Waals surface area contributed by atoms with E-state index < -0.39 is 9.84 Å². The zero-order valence-electron chi connectivity index (χ0n) is 7.34. The van der Waals surface area contributed by atoms with Gasteiger partial charge in [-0.1, -0.05) is 30.3 Å². The highest BCUT2D eigenvalue weighted by Gasteiger charge is 2.18. The number of nitrogens with two attached hydrogens (primary N) is 1. The number of allylic oxidation sites excluding steroid dienone is 1. The average Bonchev–Trinajstić information content (AvgIpc) is 2.41. The Morgan fingerprint density at radius 3 is 2.14 bits per heavy atom. The van der Waals surface area contributed by atoms with Crippen molar-refractivity contribution in [3.63, 3.8) is 0 Å². The van der Waals surface area contributed by atoms with Crippen molar-refractivity contribution in [2.45, 2.75) is 0 Å². The summed E-state index contributed by atoms with van der Waals surface area (Å²) in [6.45, 7) is 0. The van der Waals surface area contributed by atoms with E-state index in [0.29, 0.717) is 11.3 Å². The van der Waals surface area contributed by atoms with E-state index in [2.05, 4.69) is 0 Å². The van der Waals surface area contributed by atoms with Crippen molar-refractivity contribution in [3.8, 4) is 0 Å². The normalized spacial score (nSPS) is 18.9. The molecule has 0 spiro atoms. The first-order valence-electron chi connectivity index (χ1n) is 4.08. The number of sulfone groups is 1. The average molecular weight is 207 g/mol. The van der Waals surface area contributed by atoms with Crippen LogP contribution < -0.4 is 5.73 Å². The number of hydrogen-bond donors (Lipinski definition) is 1. The maximum Gasteiger partial charge on any atom is 0.195 e. The Morgan fingerprint density at radius 2 is 1.64 bits per heavy atom. The van der Waals surface area contributed by atoms with E-state index >= 15 is 0 Å². The van der Waals surface area contributed by atoms with E-state index in [1.165, 1.54) is 5.41 Å². The van der Waals surface area contributed by atoms with Gasteiger partial charge in [-0.15, -0.1) is 0 Å². The molecule has 1 heterocycles. The van der Waals surface area contributed by atoms with Gasteiger partial charge in [0, 0.05) is 11.0 Å². The summed E-state index contributed by atoms with van der Waals surface area (Å²) in [5.74, 6) is 0. The van der Waals surface area contributed by atoms with Crippen LogP contribution in [0.15, 0.2) is 46.8 Å². The van der Waals surface area contributed by atoms with Crippen LogP contribution in [-0.2, 0) is 9.84 Å². The van der Waals surface area contributed by atoms with Gasteiger partial charge >= 0.3 is 0 Å². The molecule has 2 N–H and O–H groups in total. The second-order valence-corrected chi connectivity index (χ2v) is 4.71. The maximum atomic E-state index is 11.2. The van der Waals surface area contributed by atoms with Gasteiger partial charge in [-0.3, -0.25) is 0 Å². The molecule has 0 atom stereocenters. The molecule has 4 heteroatoms. The summed E-state index contributed by atoms with van der Waals surface area (Å²) in [6, 6.07) is 9.21. The molecular weight excluding hydrogens is 198 g/mol. The number of rotatable bonds is 1. The molecule has 0 aliphatic carbocycles. The van der Waals surface area contributed by atoms with Gasteiger partial charge < -0.3 is 5.73 Å². The van der Waals surface area contributed by atoms with Crippen molar-refractivity contribution in [2.24, 2.45) is 5.73 Å². The first-order valence-corrected chi connectivity index (χ1v) is 5.69. The Bertz CT molecular complexity index is 512. The van der Waals surface area contributed by atoms with Gasteiger partial charge in [0.1, 0.15) is 0 Å². The van der Waals surface area contributed by atoms with E-state index in [1.807, 2.05) is 30.3 Å². The molecule has 3 nitrogen and oxygen atoms in total. The molecule has 14 heavy (non-hydrogen) atoms. The largest absolute Gasteiger partial charge is 0.398 e. The summed E-state index contributed by atoms with van der Waals surface area (Å²) in [4.78, 5) is 0. The fourth-order valence-corrected chi connectivity index (χ4v) is 2.51. The van der Waals surface area contributed by atoms with Crippen molar-refractivity contribution in [3.05, 3.63) is 52.4 Å². The van der Waals surface area contributed by atoms with E-state index in [0.717, 1.165) is 11.0 Å². The molecule has 0 radical (unpaired) electrons. The molecule has 0 saturated carbocycles. The second kappa shape index (κ2) is 2.99. The SMILES string of the molecule is NC1=CS(=O)(=O)C=C1c1ccccc1. The van der Waals surface area contributed by atoms with Gasteiger partial charge in [-0.2, -0.15) is 0 Å². The predicted octanol–water partition coefficient (Wildman–Crippen LogP) is 1.26. The van der Waals surface area contributed by atoms with Crippen LogP contribution in [0.2, 0.25) is 0 Å². The van der Waals surface area contributed by atoms with E-state index in [4.69, 9.17) is 5.73 Å². The highest BCUT2D eigenvalue weighted by molar-refractivity contribution is 7.97. The predicted molar refractivity (Wildman–Crippen MR) is 55.6 cm³/mol. The molecule has 1 aromatic carbocycles. The summed E-state index contributed by atoms with van der Waals surface area (Å²) >= 11 is 0. The zero-order valence-corrected chi connectivity index (χ0v) is 8.16. The highest BCUT2D eigenvalue weighted by atomic mass is 32.2. The van der Waals surface area contributed by atoms with Gasteiger partial charge in [0.15, 0.2) is 9.84 Å². The Hall–Kier alpha value is -1.55. The summed E-state index contributed by atoms with van der Waals surface area (Å²) < 4.78 is 22.4. The molecule has 1 aromatic rings. The van der Waals surface area contributed by atoms with Crippen LogP contribution in [0.4, 0.5) is 0 Å².